The first-order valence-corrected chi connectivity index (χ1v) is 9.26. The van der Waals surface area contributed by atoms with Gasteiger partial charge in [-0.15, -0.1) is 0 Å². The Morgan fingerprint density at radius 1 is 1.04 bits per heavy atom. The maximum Gasteiger partial charge on any atom is 0.251 e. The maximum atomic E-state index is 12.5. The van der Waals surface area contributed by atoms with Crippen LogP contribution in [0, 0.1) is 0 Å². The van der Waals surface area contributed by atoms with E-state index in [1.165, 1.54) is 5.39 Å². The number of carbonyl (C=O) groups is 1. The molecule has 5 heteroatoms. The number of benzene rings is 3. The topological polar surface area (TPSA) is 67.1 Å². The number of hydrogen-bond donors (Lipinski definition) is 4. The minimum Gasteiger partial charge on any atom is -0.383 e. The van der Waals surface area contributed by atoms with Gasteiger partial charge in [0, 0.05) is 36.1 Å². The van der Waals surface area contributed by atoms with E-state index in [0.717, 1.165) is 16.6 Å². The number of anilines is 1. The van der Waals surface area contributed by atoms with Gasteiger partial charge in [0.2, 0.25) is 0 Å². The maximum absolute atomic E-state index is 12.5. The largest absolute Gasteiger partial charge is 0.383 e. The molecule has 134 valence electrons. The van der Waals surface area contributed by atoms with E-state index in [2.05, 4.69) is 41.5 Å². The smallest absolute Gasteiger partial charge is 0.251 e. The van der Waals surface area contributed by atoms with Gasteiger partial charge in [0.1, 0.15) is 0 Å². The van der Waals surface area contributed by atoms with E-state index in [9.17, 15) is 4.79 Å². The Labute approximate surface area is 159 Å². The van der Waals surface area contributed by atoms with E-state index in [1.807, 2.05) is 48.5 Å². The van der Waals surface area contributed by atoms with Gasteiger partial charge in [-0.2, -0.15) is 12.6 Å². The number of amides is 1. The molecule has 1 amide bonds. The zero-order chi connectivity index (χ0) is 18.4. The molecule has 4 nitrogen and oxygen atoms in total. The zero-order valence-electron chi connectivity index (χ0n) is 14.5. The molecule has 0 spiro atoms. The third-order valence-electron chi connectivity index (χ3n) is 4.25. The van der Waals surface area contributed by atoms with Crippen LogP contribution in [0.15, 0.2) is 66.7 Å². The van der Waals surface area contributed by atoms with Crippen LogP contribution < -0.4 is 16.4 Å². The molecule has 1 atom stereocenters. The Morgan fingerprint density at radius 3 is 2.65 bits per heavy atom. The fourth-order valence-electron chi connectivity index (χ4n) is 2.81. The highest BCUT2D eigenvalue weighted by Crippen LogP contribution is 2.18. The van der Waals surface area contributed by atoms with Gasteiger partial charge in [-0.1, -0.05) is 48.5 Å². The number of nitrogens with two attached hydrogens (primary N) is 1. The molecular formula is C21H23N3OS. The standard InChI is InChI=1S/C21H23N3OS/c22-18(14-26)13-23-19-9-4-7-16(11-19)21(25)24-12-17-8-3-6-15-5-1-2-10-20(15)17/h1-11,18,23,26H,12-14,22H2,(H,24,25). The molecule has 0 radical (unpaired) electrons. The van der Waals surface area contributed by atoms with Gasteiger partial charge in [0.25, 0.3) is 5.91 Å². The van der Waals surface area contributed by atoms with E-state index in [-0.39, 0.29) is 11.9 Å². The van der Waals surface area contributed by atoms with Gasteiger partial charge in [-0.05, 0) is 34.5 Å². The molecule has 0 saturated heterocycles. The number of nitrogens with one attached hydrogen (secondary N) is 2. The Morgan fingerprint density at radius 2 is 1.81 bits per heavy atom. The van der Waals surface area contributed by atoms with E-state index >= 15 is 0 Å². The van der Waals surface area contributed by atoms with Gasteiger partial charge in [-0.3, -0.25) is 4.79 Å². The summed E-state index contributed by atoms with van der Waals surface area (Å²) in [5.74, 6) is 0.512. The molecule has 0 aromatic heterocycles. The summed E-state index contributed by atoms with van der Waals surface area (Å²) in [4.78, 5) is 12.5. The number of fused-ring (bicyclic) bond motifs is 1. The fraction of sp³-hybridized carbons (Fsp3) is 0.190. The Balaban J connectivity index is 1.66. The van der Waals surface area contributed by atoms with Gasteiger partial charge in [0.05, 0.1) is 0 Å². The lowest BCUT2D eigenvalue weighted by Gasteiger charge is -2.12. The van der Waals surface area contributed by atoms with Crippen molar-refractivity contribution in [1.82, 2.24) is 5.32 Å². The van der Waals surface area contributed by atoms with Crippen molar-refractivity contribution in [3.05, 3.63) is 77.9 Å². The van der Waals surface area contributed by atoms with Crippen LogP contribution >= 0.6 is 12.6 Å². The monoisotopic (exact) mass is 365 g/mol. The normalized spacial score (nSPS) is 11.9. The molecule has 0 aliphatic carbocycles. The quantitative estimate of drug-likeness (QED) is 0.485. The van der Waals surface area contributed by atoms with Crippen molar-refractivity contribution >= 4 is 35.0 Å². The minimum atomic E-state index is -0.0972. The molecule has 3 aromatic rings. The SMILES string of the molecule is NC(CS)CNc1cccc(C(=O)NCc2cccc3ccccc23)c1. The van der Waals surface area contributed by atoms with Crippen molar-refractivity contribution in [1.29, 1.82) is 0 Å². The van der Waals surface area contributed by atoms with E-state index in [4.69, 9.17) is 5.73 Å². The first kappa shape index (κ1) is 18.3. The molecule has 26 heavy (non-hydrogen) atoms. The van der Waals surface area contributed by atoms with Crippen LogP contribution in [0.25, 0.3) is 10.8 Å². The van der Waals surface area contributed by atoms with Crippen LogP contribution in [-0.2, 0) is 6.54 Å². The average molecular weight is 366 g/mol. The lowest BCUT2D eigenvalue weighted by Crippen LogP contribution is -2.30. The Hall–Kier alpha value is -2.50. The summed E-state index contributed by atoms with van der Waals surface area (Å²) in [7, 11) is 0. The number of carbonyl (C=O) groups excluding carboxylic acids is 1. The van der Waals surface area contributed by atoms with Crippen LogP contribution in [-0.4, -0.2) is 24.2 Å². The molecular weight excluding hydrogens is 342 g/mol. The van der Waals surface area contributed by atoms with Crippen molar-refractivity contribution in [2.45, 2.75) is 12.6 Å². The molecule has 0 bridgehead atoms. The lowest BCUT2D eigenvalue weighted by atomic mass is 10.0. The summed E-state index contributed by atoms with van der Waals surface area (Å²) in [5, 5.41) is 8.57. The molecule has 0 aliphatic heterocycles. The number of rotatable bonds is 7. The number of hydrogen-bond acceptors (Lipinski definition) is 4. The number of thiol groups is 1. The fourth-order valence-corrected chi connectivity index (χ4v) is 2.94. The van der Waals surface area contributed by atoms with E-state index in [1.54, 1.807) is 0 Å². The van der Waals surface area contributed by atoms with Crippen LogP contribution in [0.5, 0.6) is 0 Å². The molecule has 0 saturated carbocycles. The second-order valence-corrected chi connectivity index (χ2v) is 6.59. The predicted octanol–water partition coefficient (Wildman–Crippen LogP) is 3.44. The van der Waals surface area contributed by atoms with Crippen molar-refractivity contribution in [3.8, 4) is 0 Å². The second-order valence-electron chi connectivity index (χ2n) is 6.23. The third-order valence-corrected chi connectivity index (χ3v) is 4.72. The average Bonchev–Trinajstić information content (AvgIpc) is 2.70. The summed E-state index contributed by atoms with van der Waals surface area (Å²) in [6, 6.07) is 21.7. The minimum absolute atomic E-state index is 0.0258. The summed E-state index contributed by atoms with van der Waals surface area (Å²) in [5.41, 5.74) is 8.46. The van der Waals surface area contributed by atoms with Crippen LogP contribution in [0.2, 0.25) is 0 Å². The highest BCUT2D eigenvalue weighted by Gasteiger charge is 2.08. The van der Waals surface area contributed by atoms with Crippen molar-refractivity contribution in [2.75, 3.05) is 17.6 Å². The van der Waals surface area contributed by atoms with E-state index < -0.39 is 0 Å². The molecule has 0 fully saturated rings. The molecule has 1 unspecified atom stereocenters. The molecule has 3 aromatic carbocycles. The highest BCUT2D eigenvalue weighted by atomic mass is 32.1. The third kappa shape index (κ3) is 4.56. The van der Waals surface area contributed by atoms with Gasteiger partial charge in [0.15, 0.2) is 0 Å². The Kier molecular flexibility index (Phi) is 6.15. The summed E-state index contributed by atoms with van der Waals surface area (Å²) in [6.07, 6.45) is 0. The van der Waals surface area contributed by atoms with Crippen molar-refractivity contribution in [2.24, 2.45) is 5.73 Å². The van der Waals surface area contributed by atoms with Gasteiger partial charge in [-0.25, -0.2) is 0 Å². The predicted molar refractivity (Wildman–Crippen MR) is 112 cm³/mol. The second kappa shape index (κ2) is 8.74. The lowest BCUT2D eigenvalue weighted by molar-refractivity contribution is 0.0951. The Bertz CT molecular complexity index is 892. The summed E-state index contributed by atoms with van der Waals surface area (Å²) >= 11 is 4.17. The first-order chi connectivity index (χ1) is 12.7. The van der Waals surface area contributed by atoms with Crippen molar-refractivity contribution < 1.29 is 4.79 Å². The van der Waals surface area contributed by atoms with Crippen LogP contribution in [0.4, 0.5) is 5.69 Å². The molecule has 4 N–H and O–H groups in total. The molecule has 3 rings (SSSR count). The highest BCUT2D eigenvalue weighted by molar-refractivity contribution is 7.80. The summed E-state index contributed by atoms with van der Waals surface area (Å²) < 4.78 is 0. The molecule has 0 aliphatic rings. The van der Waals surface area contributed by atoms with Gasteiger partial charge < -0.3 is 16.4 Å². The van der Waals surface area contributed by atoms with Crippen LogP contribution in [0.1, 0.15) is 15.9 Å². The van der Waals surface area contributed by atoms with E-state index in [0.29, 0.717) is 24.4 Å². The van der Waals surface area contributed by atoms with Crippen molar-refractivity contribution in [3.63, 3.8) is 0 Å². The van der Waals surface area contributed by atoms with Crippen LogP contribution in [0.3, 0.4) is 0 Å². The van der Waals surface area contributed by atoms with Gasteiger partial charge >= 0.3 is 0 Å². The first-order valence-electron chi connectivity index (χ1n) is 8.62. The molecule has 0 heterocycles. The summed E-state index contributed by atoms with van der Waals surface area (Å²) in [6.45, 7) is 1.10. The zero-order valence-corrected chi connectivity index (χ0v) is 15.4.